The van der Waals surface area contributed by atoms with E-state index in [1.54, 1.807) is 12.1 Å². The van der Waals surface area contributed by atoms with Crippen molar-refractivity contribution in [2.24, 2.45) is 0 Å². The highest BCUT2D eigenvalue weighted by molar-refractivity contribution is 7.99. The number of amides is 2. The summed E-state index contributed by atoms with van der Waals surface area (Å²) >= 11 is 0.270. The van der Waals surface area contributed by atoms with E-state index in [2.05, 4.69) is 10.6 Å². The molecule has 0 aliphatic carbocycles. The number of halogens is 2. The minimum Gasteiger partial charge on any atom is -0.480 e. The predicted octanol–water partition coefficient (Wildman–Crippen LogP) is 1.96. The van der Waals surface area contributed by atoms with E-state index in [-0.39, 0.29) is 28.8 Å². The van der Waals surface area contributed by atoms with Crippen LogP contribution in [0.3, 0.4) is 0 Å². The minimum absolute atomic E-state index is 0.147. The number of aliphatic hydroxyl groups excluding tert-OH is 1. The number of carboxylic acid groups (broad SMARTS) is 1. The van der Waals surface area contributed by atoms with Crippen LogP contribution in [0.1, 0.15) is 6.42 Å². The van der Waals surface area contributed by atoms with Crippen LogP contribution in [0.25, 0.3) is 0 Å². The van der Waals surface area contributed by atoms with E-state index >= 15 is 0 Å². The molecule has 2 amide bonds. The van der Waals surface area contributed by atoms with Crippen LogP contribution >= 0.6 is 11.8 Å². The maximum absolute atomic E-state index is 12.4. The first-order chi connectivity index (χ1) is 9.93. The second kappa shape index (κ2) is 8.42. The monoisotopic (exact) mass is 320 g/mol. The van der Waals surface area contributed by atoms with Gasteiger partial charge in [-0.05, 0) is 12.1 Å². The molecule has 1 aromatic carbocycles. The number of urea groups is 1. The fourth-order valence-corrected chi connectivity index (χ4v) is 2.07. The first-order valence-corrected chi connectivity index (χ1v) is 6.77. The fourth-order valence-electron chi connectivity index (χ4n) is 1.47. The van der Waals surface area contributed by atoms with Crippen molar-refractivity contribution < 1.29 is 28.6 Å². The van der Waals surface area contributed by atoms with Crippen molar-refractivity contribution in [1.29, 1.82) is 0 Å². The molecule has 0 spiro atoms. The van der Waals surface area contributed by atoms with E-state index < -0.39 is 30.4 Å². The molecule has 116 valence electrons. The van der Waals surface area contributed by atoms with Gasteiger partial charge < -0.3 is 20.8 Å². The molecule has 0 aliphatic rings. The van der Waals surface area contributed by atoms with Crippen molar-refractivity contribution in [2.45, 2.75) is 23.1 Å². The van der Waals surface area contributed by atoms with Crippen molar-refractivity contribution in [3.05, 3.63) is 24.3 Å². The zero-order chi connectivity index (χ0) is 15.8. The summed E-state index contributed by atoms with van der Waals surface area (Å²) in [6.45, 7) is -0.408. The average Bonchev–Trinajstić information content (AvgIpc) is 2.39. The highest BCUT2D eigenvalue weighted by Gasteiger charge is 2.20. The number of hydrogen-bond acceptors (Lipinski definition) is 4. The molecule has 6 nitrogen and oxygen atoms in total. The Morgan fingerprint density at radius 3 is 2.52 bits per heavy atom. The number of hydrogen-bond donors (Lipinski definition) is 4. The Bertz CT molecular complexity index is 502. The lowest BCUT2D eigenvalue weighted by atomic mass is 10.2. The van der Waals surface area contributed by atoms with Gasteiger partial charge in [0.05, 0.1) is 5.69 Å². The zero-order valence-corrected chi connectivity index (χ0v) is 11.6. The minimum atomic E-state index is -2.64. The van der Waals surface area contributed by atoms with Gasteiger partial charge in [-0.25, -0.2) is 9.59 Å². The number of rotatable bonds is 7. The number of aliphatic hydroxyl groups is 1. The van der Waals surface area contributed by atoms with Gasteiger partial charge in [0.15, 0.2) is 0 Å². The number of carbonyl (C=O) groups is 2. The third kappa shape index (κ3) is 5.96. The maximum Gasteiger partial charge on any atom is 0.326 e. The molecule has 0 bridgehead atoms. The number of nitrogens with one attached hydrogen (secondary N) is 2. The maximum atomic E-state index is 12.4. The molecule has 0 saturated carbocycles. The second-order valence-corrected chi connectivity index (χ2v) is 4.91. The van der Waals surface area contributed by atoms with Crippen molar-refractivity contribution in [3.63, 3.8) is 0 Å². The van der Waals surface area contributed by atoms with Gasteiger partial charge in [-0.3, -0.25) is 0 Å². The Kier molecular flexibility index (Phi) is 6.89. The lowest BCUT2D eigenvalue weighted by Crippen LogP contribution is -2.43. The highest BCUT2D eigenvalue weighted by atomic mass is 32.2. The van der Waals surface area contributed by atoms with Crippen molar-refractivity contribution in [2.75, 3.05) is 11.9 Å². The first-order valence-electron chi connectivity index (χ1n) is 5.89. The summed E-state index contributed by atoms with van der Waals surface area (Å²) in [7, 11) is 0. The van der Waals surface area contributed by atoms with E-state index in [4.69, 9.17) is 10.2 Å². The van der Waals surface area contributed by atoms with E-state index in [0.717, 1.165) is 0 Å². The zero-order valence-electron chi connectivity index (χ0n) is 10.8. The second-order valence-electron chi connectivity index (χ2n) is 3.88. The van der Waals surface area contributed by atoms with Crippen molar-refractivity contribution >= 4 is 29.4 Å². The lowest BCUT2D eigenvalue weighted by Gasteiger charge is -2.15. The fraction of sp³-hybridized carbons (Fsp3) is 0.333. The van der Waals surface area contributed by atoms with Gasteiger partial charge in [-0.15, -0.1) is 0 Å². The predicted molar refractivity (Wildman–Crippen MR) is 73.6 cm³/mol. The summed E-state index contributed by atoms with van der Waals surface area (Å²) in [5.41, 5.74) is 0.147. The van der Waals surface area contributed by atoms with Gasteiger partial charge in [0.2, 0.25) is 0 Å². The van der Waals surface area contributed by atoms with Crippen molar-refractivity contribution in [3.8, 4) is 0 Å². The standard InChI is InChI=1S/C12H14F2N2O4S/c13-11(14)21-9-4-2-1-3-7(9)15-12(20)16-8(5-6-17)10(18)19/h1-4,8,11,17H,5-6H2,(H,18,19)(H2,15,16,20)/t8-/m1/s1. The van der Waals surface area contributed by atoms with Crippen molar-refractivity contribution in [1.82, 2.24) is 5.32 Å². The molecule has 0 radical (unpaired) electrons. The molecule has 0 heterocycles. The highest BCUT2D eigenvalue weighted by Crippen LogP contribution is 2.31. The smallest absolute Gasteiger partial charge is 0.326 e. The summed E-state index contributed by atoms with van der Waals surface area (Å²) in [4.78, 5) is 22.7. The molecular formula is C12H14F2N2O4S. The number of para-hydroxylation sites is 1. The molecular weight excluding hydrogens is 306 g/mol. The molecule has 1 rings (SSSR count). The normalized spacial score (nSPS) is 12.0. The van der Waals surface area contributed by atoms with Gasteiger partial charge in [-0.1, -0.05) is 23.9 Å². The molecule has 1 aromatic rings. The van der Waals surface area contributed by atoms with Crippen LogP contribution < -0.4 is 10.6 Å². The summed E-state index contributed by atoms with van der Waals surface area (Å²) in [5, 5.41) is 22.0. The van der Waals surface area contributed by atoms with Crippen LogP contribution in [-0.4, -0.2) is 40.6 Å². The molecule has 9 heteroatoms. The lowest BCUT2D eigenvalue weighted by molar-refractivity contribution is -0.139. The SMILES string of the molecule is O=C(Nc1ccccc1SC(F)F)N[C@H](CCO)C(=O)O. The summed E-state index contributed by atoms with van der Waals surface area (Å²) in [6.07, 6.45) is -0.157. The Morgan fingerprint density at radius 2 is 1.95 bits per heavy atom. The Balaban J connectivity index is 2.72. The van der Waals surface area contributed by atoms with Crippen LogP contribution in [0.2, 0.25) is 0 Å². The number of alkyl halides is 2. The molecule has 0 unspecified atom stereocenters. The van der Waals surface area contributed by atoms with Crippen LogP contribution in [0.5, 0.6) is 0 Å². The van der Waals surface area contributed by atoms with Crippen LogP contribution in [0.15, 0.2) is 29.2 Å². The summed E-state index contributed by atoms with van der Waals surface area (Å²) < 4.78 is 24.8. The van der Waals surface area contributed by atoms with Crippen LogP contribution in [-0.2, 0) is 4.79 Å². The Morgan fingerprint density at radius 1 is 1.29 bits per heavy atom. The molecule has 0 aliphatic heterocycles. The van der Waals surface area contributed by atoms with Gasteiger partial charge in [-0.2, -0.15) is 8.78 Å². The molecule has 21 heavy (non-hydrogen) atoms. The van der Waals surface area contributed by atoms with Gasteiger partial charge in [0, 0.05) is 17.9 Å². The molecule has 0 aromatic heterocycles. The van der Waals surface area contributed by atoms with Gasteiger partial charge >= 0.3 is 12.0 Å². The Labute approximate surface area is 123 Å². The number of carboxylic acids is 1. The third-order valence-corrected chi connectivity index (χ3v) is 3.16. The summed E-state index contributed by atoms with van der Waals surface area (Å²) in [5.74, 6) is -3.94. The van der Waals surface area contributed by atoms with E-state index in [0.29, 0.717) is 0 Å². The number of thioether (sulfide) groups is 1. The quantitative estimate of drug-likeness (QED) is 0.576. The molecule has 0 fully saturated rings. The number of carbonyl (C=O) groups excluding carboxylic acids is 1. The van der Waals surface area contributed by atoms with E-state index in [9.17, 15) is 18.4 Å². The van der Waals surface area contributed by atoms with E-state index in [1.807, 2.05) is 0 Å². The number of aliphatic carboxylic acids is 1. The van der Waals surface area contributed by atoms with E-state index in [1.165, 1.54) is 12.1 Å². The van der Waals surface area contributed by atoms with Crippen LogP contribution in [0, 0.1) is 0 Å². The topological polar surface area (TPSA) is 98.7 Å². The molecule has 1 atom stereocenters. The van der Waals surface area contributed by atoms with Gasteiger partial charge in [0.25, 0.3) is 5.76 Å². The van der Waals surface area contributed by atoms with Gasteiger partial charge in [0.1, 0.15) is 6.04 Å². The van der Waals surface area contributed by atoms with Crippen LogP contribution in [0.4, 0.5) is 19.3 Å². The average molecular weight is 320 g/mol. The Hall–Kier alpha value is -1.87. The molecule has 0 saturated heterocycles. The number of anilines is 1. The third-order valence-electron chi connectivity index (χ3n) is 2.37. The summed E-state index contributed by atoms with van der Waals surface area (Å²) in [6, 6.07) is 3.82. The molecule has 4 N–H and O–H groups in total. The number of benzene rings is 1. The largest absolute Gasteiger partial charge is 0.480 e. The first kappa shape index (κ1) is 17.2.